The SMILES string of the molecule is CCCCC(C)NC(=O)N(CC)C(C)CC(=O)O. The molecule has 0 aliphatic heterocycles. The Kier molecular flexibility index (Phi) is 8.16. The van der Waals surface area contributed by atoms with Gasteiger partial charge < -0.3 is 15.3 Å². The van der Waals surface area contributed by atoms with Gasteiger partial charge in [-0.05, 0) is 27.2 Å². The van der Waals surface area contributed by atoms with Crippen molar-refractivity contribution in [3.05, 3.63) is 0 Å². The summed E-state index contributed by atoms with van der Waals surface area (Å²) in [7, 11) is 0. The first-order chi connectivity index (χ1) is 8.42. The second kappa shape index (κ2) is 8.78. The first-order valence-corrected chi connectivity index (χ1v) is 6.71. The van der Waals surface area contributed by atoms with Crippen LogP contribution in [0.2, 0.25) is 0 Å². The quantitative estimate of drug-likeness (QED) is 0.702. The molecule has 0 aromatic carbocycles. The summed E-state index contributed by atoms with van der Waals surface area (Å²) in [6, 6.07) is -0.329. The topological polar surface area (TPSA) is 69.6 Å². The predicted octanol–water partition coefficient (Wildman–Crippen LogP) is 2.46. The molecule has 2 atom stereocenters. The van der Waals surface area contributed by atoms with E-state index in [1.807, 2.05) is 13.8 Å². The standard InChI is InChI=1S/C13H26N2O3/c1-5-7-8-10(3)14-13(18)15(6-2)11(4)9-12(16)17/h10-11H,5-9H2,1-4H3,(H,14,18)(H,16,17). The van der Waals surface area contributed by atoms with Crippen LogP contribution in [0.15, 0.2) is 0 Å². The molecule has 0 bridgehead atoms. The van der Waals surface area contributed by atoms with Gasteiger partial charge in [0.15, 0.2) is 0 Å². The molecule has 2 N–H and O–H groups in total. The smallest absolute Gasteiger partial charge is 0.317 e. The first kappa shape index (κ1) is 16.7. The number of nitrogens with one attached hydrogen (secondary N) is 1. The molecule has 0 aliphatic carbocycles. The highest BCUT2D eigenvalue weighted by Gasteiger charge is 2.21. The van der Waals surface area contributed by atoms with Crippen LogP contribution in [0.4, 0.5) is 4.79 Å². The zero-order chi connectivity index (χ0) is 14.1. The van der Waals surface area contributed by atoms with Gasteiger partial charge in [-0.25, -0.2) is 4.79 Å². The number of aliphatic carboxylic acids is 1. The predicted molar refractivity (Wildman–Crippen MR) is 71.6 cm³/mol. The zero-order valence-corrected chi connectivity index (χ0v) is 11.9. The molecule has 18 heavy (non-hydrogen) atoms. The summed E-state index contributed by atoms with van der Waals surface area (Å²) in [6.07, 6.45) is 3.11. The van der Waals surface area contributed by atoms with E-state index in [2.05, 4.69) is 12.2 Å². The third-order valence-corrected chi connectivity index (χ3v) is 2.96. The number of unbranched alkanes of at least 4 members (excludes halogenated alkanes) is 1. The summed E-state index contributed by atoms with van der Waals surface area (Å²) < 4.78 is 0. The molecule has 5 nitrogen and oxygen atoms in total. The number of carbonyl (C=O) groups excluding carboxylic acids is 1. The molecule has 0 aliphatic rings. The maximum absolute atomic E-state index is 12.0. The Hall–Kier alpha value is -1.26. The highest BCUT2D eigenvalue weighted by molar-refractivity contribution is 5.76. The average molecular weight is 258 g/mol. The van der Waals surface area contributed by atoms with Gasteiger partial charge in [0.05, 0.1) is 6.42 Å². The first-order valence-electron chi connectivity index (χ1n) is 6.71. The van der Waals surface area contributed by atoms with Crippen molar-refractivity contribution >= 4 is 12.0 Å². The van der Waals surface area contributed by atoms with Crippen LogP contribution in [0.1, 0.15) is 53.4 Å². The molecular formula is C13H26N2O3. The Labute approximate surface area is 110 Å². The lowest BCUT2D eigenvalue weighted by Crippen LogP contribution is -2.48. The molecule has 2 amide bonds. The Morgan fingerprint density at radius 3 is 2.33 bits per heavy atom. The van der Waals surface area contributed by atoms with Crippen molar-refractivity contribution in [1.29, 1.82) is 0 Å². The monoisotopic (exact) mass is 258 g/mol. The van der Waals surface area contributed by atoms with Gasteiger partial charge in [0.1, 0.15) is 0 Å². The van der Waals surface area contributed by atoms with E-state index in [1.54, 1.807) is 11.8 Å². The summed E-state index contributed by atoms with van der Waals surface area (Å²) in [6.45, 7) is 8.22. The fourth-order valence-electron chi connectivity index (χ4n) is 1.89. The molecule has 0 saturated heterocycles. The van der Waals surface area contributed by atoms with Gasteiger partial charge in [0.25, 0.3) is 0 Å². The number of amides is 2. The van der Waals surface area contributed by atoms with Crippen molar-refractivity contribution in [2.75, 3.05) is 6.54 Å². The molecule has 0 heterocycles. The largest absolute Gasteiger partial charge is 0.481 e. The molecule has 0 fully saturated rings. The Bertz CT molecular complexity index is 269. The van der Waals surface area contributed by atoms with Crippen molar-refractivity contribution in [2.24, 2.45) is 0 Å². The van der Waals surface area contributed by atoms with Crippen LogP contribution in [0.3, 0.4) is 0 Å². The molecule has 0 aromatic heterocycles. The molecular weight excluding hydrogens is 232 g/mol. The van der Waals surface area contributed by atoms with Crippen LogP contribution in [0.25, 0.3) is 0 Å². The lowest BCUT2D eigenvalue weighted by atomic mass is 10.1. The van der Waals surface area contributed by atoms with E-state index in [-0.39, 0.29) is 24.5 Å². The fourth-order valence-corrected chi connectivity index (χ4v) is 1.89. The van der Waals surface area contributed by atoms with Gasteiger partial charge >= 0.3 is 12.0 Å². The second-order valence-corrected chi connectivity index (χ2v) is 4.73. The van der Waals surface area contributed by atoms with Gasteiger partial charge in [-0.15, -0.1) is 0 Å². The number of hydrogen-bond donors (Lipinski definition) is 2. The van der Waals surface area contributed by atoms with Crippen LogP contribution in [-0.2, 0) is 4.79 Å². The summed E-state index contributed by atoms with van der Waals surface area (Å²) in [5, 5.41) is 11.7. The minimum Gasteiger partial charge on any atom is -0.481 e. The number of urea groups is 1. The molecule has 0 aromatic rings. The highest BCUT2D eigenvalue weighted by atomic mass is 16.4. The number of carboxylic acid groups (broad SMARTS) is 1. The van der Waals surface area contributed by atoms with E-state index in [0.717, 1.165) is 19.3 Å². The summed E-state index contributed by atoms with van der Waals surface area (Å²) in [5.41, 5.74) is 0. The minimum atomic E-state index is -0.882. The lowest BCUT2D eigenvalue weighted by Gasteiger charge is -2.28. The lowest BCUT2D eigenvalue weighted by molar-refractivity contribution is -0.138. The Balaban J connectivity index is 4.29. The molecule has 0 saturated carbocycles. The van der Waals surface area contributed by atoms with E-state index >= 15 is 0 Å². The van der Waals surface area contributed by atoms with Gasteiger partial charge in [-0.3, -0.25) is 4.79 Å². The number of hydrogen-bond acceptors (Lipinski definition) is 2. The van der Waals surface area contributed by atoms with Gasteiger partial charge in [-0.2, -0.15) is 0 Å². The molecule has 2 unspecified atom stereocenters. The van der Waals surface area contributed by atoms with Crippen LogP contribution >= 0.6 is 0 Å². The van der Waals surface area contributed by atoms with Crippen molar-refractivity contribution in [3.8, 4) is 0 Å². The molecule has 106 valence electrons. The Morgan fingerprint density at radius 2 is 1.89 bits per heavy atom. The molecule has 0 spiro atoms. The summed E-state index contributed by atoms with van der Waals surface area (Å²) >= 11 is 0. The average Bonchev–Trinajstić information content (AvgIpc) is 2.26. The van der Waals surface area contributed by atoms with Crippen molar-refractivity contribution in [2.45, 2.75) is 65.5 Å². The van der Waals surface area contributed by atoms with Gasteiger partial charge in [0, 0.05) is 18.6 Å². The maximum atomic E-state index is 12.0. The van der Waals surface area contributed by atoms with E-state index < -0.39 is 5.97 Å². The fraction of sp³-hybridized carbons (Fsp3) is 0.846. The Morgan fingerprint density at radius 1 is 1.28 bits per heavy atom. The highest BCUT2D eigenvalue weighted by Crippen LogP contribution is 2.06. The van der Waals surface area contributed by atoms with E-state index in [0.29, 0.717) is 6.54 Å². The van der Waals surface area contributed by atoms with E-state index in [4.69, 9.17) is 5.11 Å². The number of carboxylic acids is 1. The molecule has 0 radical (unpaired) electrons. The summed E-state index contributed by atoms with van der Waals surface area (Å²) in [5.74, 6) is -0.882. The van der Waals surface area contributed by atoms with Crippen LogP contribution in [0, 0.1) is 0 Å². The van der Waals surface area contributed by atoms with Crippen molar-refractivity contribution in [3.63, 3.8) is 0 Å². The number of nitrogens with zero attached hydrogens (tertiary/aromatic N) is 1. The second-order valence-electron chi connectivity index (χ2n) is 4.73. The van der Waals surface area contributed by atoms with Crippen LogP contribution < -0.4 is 5.32 Å². The molecule has 5 heteroatoms. The minimum absolute atomic E-state index is 0.0232. The third-order valence-electron chi connectivity index (χ3n) is 2.96. The van der Waals surface area contributed by atoms with Crippen molar-refractivity contribution < 1.29 is 14.7 Å². The summed E-state index contributed by atoms with van der Waals surface area (Å²) in [4.78, 5) is 24.2. The van der Waals surface area contributed by atoms with Gasteiger partial charge in [-0.1, -0.05) is 19.8 Å². The number of carbonyl (C=O) groups is 2. The van der Waals surface area contributed by atoms with Gasteiger partial charge in [0.2, 0.25) is 0 Å². The van der Waals surface area contributed by atoms with Crippen LogP contribution in [-0.4, -0.2) is 40.6 Å². The normalized spacial score (nSPS) is 13.8. The van der Waals surface area contributed by atoms with E-state index in [1.165, 1.54) is 0 Å². The van der Waals surface area contributed by atoms with Crippen LogP contribution in [0.5, 0.6) is 0 Å². The zero-order valence-electron chi connectivity index (χ0n) is 11.9. The van der Waals surface area contributed by atoms with E-state index in [9.17, 15) is 9.59 Å². The molecule has 0 rings (SSSR count). The van der Waals surface area contributed by atoms with Crippen molar-refractivity contribution in [1.82, 2.24) is 10.2 Å². The third kappa shape index (κ3) is 6.47. The maximum Gasteiger partial charge on any atom is 0.317 e. The number of rotatable bonds is 8.